The van der Waals surface area contributed by atoms with Crippen molar-refractivity contribution in [3.05, 3.63) is 58.1 Å². The molecule has 1 saturated heterocycles. The van der Waals surface area contributed by atoms with E-state index in [0.29, 0.717) is 16.5 Å². The van der Waals surface area contributed by atoms with Crippen molar-refractivity contribution in [1.29, 1.82) is 0 Å². The number of ether oxygens (including phenoxy) is 3. The molecule has 0 bridgehead atoms. The summed E-state index contributed by atoms with van der Waals surface area (Å²) in [6.07, 6.45) is 0. The summed E-state index contributed by atoms with van der Waals surface area (Å²) < 4.78 is 16.1. The fourth-order valence-corrected chi connectivity index (χ4v) is 5.05. The van der Waals surface area contributed by atoms with E-state index in [4.69, 9.17) is 25.8 Å². The number of esters is 2. The van der Waals surface area contributed by atoms with Crippen LogP contribution in [-0.2, 0) is 19.1 Å². The van der Waals surface area contributed by atoms with Gasteiger partial charge in [0.05, 0.1) is 37.5 Å². The molecule has 0 radical (unpaired) electrons. The average molecular weight is 487 g/mol. The third-order valence-corrected chi connectivity index (χ3v) is 6.75. The van der Waals surface area contributed by atoms with Crippen molar-refractivity contribution < 1.29 is 28.6 Å². The maximum atomic E-state index is 13.8. The fraction of sp³-hybridized carbons (Fsp3) is 0.400. The topological polar surface area (TPSA) is 103 Å². The quantitative estimate of drug-likeness (QED) is 0.621. The van der Waals surface area contributed by atoms with Crippen molar-refractivity contribution >= 4 is 35.1 Å². The predicted octanol–water partition coefficient (Wildman–Crippen LogP) is 3.66. The van der Waals surface area contributed by atoms with Crippen molar-refractivity contribution in [2.45, 2.75) is 32.4 Å². The average Bonchev–Trinajstić information content (AvgIpc) is 3.12. The van der Waals surface area contributed by atoms with E-state index in [-0.39, 0.29) is 30.7 Å². The highest BCUT2D eigenvalue weighted by molar-refractivity contribution is 6.30. The van der Waals surface area contributed by atoms with Crippen LogP contribution in [0.15, 0.2) is 36.4 Å². The van der Waals surface area contributed by atoms with Gasteiger partial charge in [0, 0.05) is 22.5 Å². The number of halogens is 1. The van der Waals surface area contributed by atoms with Crippen LogP contribution < -0.4 is 15.4 Å². The molecule has 2 N–H and O–H groups in total. The Morgan fingerprint density at radius 1 is 1.24 bits per heavy atom. The van der Waals surface area contributed by atoms with E-state index in [1.807, 2.05) is 6.92 Å². The van der Waals surface area contributed by atoms with E-state index < -0.39 is 29.3 Å². The highest BCUT2D eigenvalue weighted by atomic mass is 35.5. The minimum absolute atomic E-state index is 0.179. The van der Waals surface area contributed by atoms with Gasteiger partial charge >= 0.3 is 11.9 Å². The Hall–Kier alpha value is -3.10. The number of rotatable bonds is 5. The largest absolute Gasteiger partial charge is 0.493 e. The lowest BCUT2D eigenvalue weighted by Gasteiger charge is -2.31. The van der Waals surface area contributed by atoms with Crippen molar-refractivity contribution in [1.82, 2.24) is 5.32 Å². The summed E-state index contributed by atoms with van der Waals surface area (Å²) in [7, 11) is 1.28. The molecule has 9 heteroatoms. The molecule has 1 amide bonds. The van der Waals surface area contributed by atoms with Crippen LogP contribution >= 0.6 is 11.6 Å². The summed E-state index contributed by atoms with van der Waals surface area (Å²) in [6, 6.07) is 9.97. The molecule has 4 rings (SSSR count). The normalized spacial score (nSPS) is 24.9. The number of carbonyl (C=O) groups excluding carboxylic acids is 3. The van der Waals surface area contributed by atoms with Crippen LogP contribution in [0.5, 0.6) is 5.75 Å². The number of methoxy groups -OCH3 is 1. The number of benzene rings is 2. The van der Waals surface area contributed by atoms with Crippen LogP contribution in [0, 0.1) is 18.8 Å². The van der Waals surface area contributed by atoms with Gasteiger partial charge in [-0.1, -0.05) is 17.7 Å². The second-order valence-electron chi connectivity index (χ2n) is 8.71. The highest BCUT2D eigenvalue weighted by Crippen LogP contribution is 2.49. The van der Waals surface area contributed by atoms with Gasteiger partial charge in [0.2, 0.25) is 5.91 Å². The van der Waals surface area contributed by atoms with Gasteiger partial charge in [0.25, 0.3) is 0 Å². The number of hydrogen-bond acceptors (Lipinski definition) is 7. The summed E-state index contributed by atoms with van der Waals surface area (Å²) >= 11 is 6.23. The standard InChI is InChI=1S/C25H27ClN2O6/c1-5-33-23(30)20-17-12-34-19-9-7-14(26)11-16(19)21(17)28-25(20,3)24(31)27-18-10-13(2)6-8-15(18)22(29)32-4/h6-11,17,20-21,28H,5,12H2,1-4H3,(H,27,31)/t17-,20+,21+,25+/m1/s1. The summed E-state index contributed by atoms with van der Waals surface area (Å²) in [5.41, 5.74) is 0.789. The molecular weight excluding hydrogens is 460 g/mol. The van der Waals surface area contributed by atoms with Crippen LogP contribution in [0.4, 0.5) is 5.69 Å². The Labute approximate surface area is 202 Å². The lowest BCUT2D eigenvalue weighted by atomic mass is 9.77. The minimum atomic E-state index is -1.36. The Balaban J connectivity index is 1.73. The molecule has 2 aliphatic heterocycles. The third-order valence-electron chi connectivity index (χ3n) is 6.51. The van der Waals surface area contributed by atoms with E-state index in [0.717, 1.165) is 11.1 Å². The van der Waals surface area contributed by atoms with Crippen molar-refractivity contribution in [2.75, 3.05) is 25.6 Å². The lowest BCUT2D eigenvalue weighted by molar-refractivity contribution is -0.154. The zero-order valence-corrected chi connectivity index (χ0v) is 20.2. The number of anilines is 1. The molecule has 2 aliphatic rings. The predicted molar refractivity (Wildman–Crippen MR) is 126 cm³/mol. The van der Waals surface area contributed by atoms with Gasteiger partial charge in [-0.3, -0.25) is 14.9 Å². The smallest absolute Gasteiger partial charge is 0.339 e. The van der Waals surface area contributed by atoms with E-state index in [1.54, 1.807) is 50.2 Å². The first kappa shape index (κ1) is 24.0. The number of amides is 1. The monoisotopic (exact) mass is 486 g/mol. The van der Waals surface area contributed by atoms with Crippen LogP contribution in [-0.4, -0.2) is 43.7 Å². The van der Waals surface area contributed by atoms with Crippen LogP contribution in [0.25, 0.3) is 0 Å². The lowest BCUT2D eigenvalue weighted by Crippen LogP contribution is -2.55. The maximum Gasteiger partial charge on any atom is 0.339 e. The molecular formula is C25H27ClN2O6. The molecule has 0 unspecified atom stereocenters. The Morgan fingerprint density at radius 2 is 2.00 bits per heavy atom. The molecule has 180 valence electrons. The van der Waals surface area contributed by atoms with Crippen LogP contribution in [0.2, 0.25) is 5.02 Å². The SMILES string of the molecule is CCOC(=O)[C@@H]1[C@H]2COc3ccc(Cl)cc3[C@@H]2N[C@]1(C)C(=O)Nc1cc(C)ccc1C(=O)OC. The molecule has 0 aliphatic carbocycles. The maximum absolute atomic E-state index is 13.8. The summed E-state index contributed by atoms with van der Waals surface area (Å²) in [6.45, 7) is 5.64. The molecule has 2 aromatic rings. The van der Waals surface area contributed by atoms with E-state index in [1.165, 1.54) is 7.11 Å². The van der Waals surface area contributed by atoms with Crippen molar-refractivity contribution in [2.24, 2.45) is 11.8 Å². The molecule has 1 fully saturated rings. The summed E-state index contributed by atoms with van der Waals surface area (Å²) in [4.78, 5) is 39.1. The first-order valence-corrected chi connectivity index (χ1v) is 11.4. The first-order valence-electron chi connectivity index (χ1n) is 11.1. The van der Waals surface area contributed by atoms with Gasteiger partial charge in [-0.15, -0.1) is 0 Å². The number of fused-ring (bicyclic) bond motifs is 3. The van der Waals surface area contributed by atoms with Gasteiger partial charge < -0.3 is 19.5 Å². The Morgan fingerprint density at radius 3 is 2.71 bits per heavy atom. The number of carbonyl (C=O) groups is 3. The van der Waals surface area contributed by atoms with Crippen molar-refractivity contribution in [3.63, 3.8) is 0 Å². The summed E-state index contributed by atoms with van der Waals surface area (Å²) in [5, 5.41) is 6.74. The van der Waals surface area contributed by atoms with Gasteiger partial charge in [-0.2, -0.15) is 0 Å². The second kappa shape index (κ2) is 9.27. The van der Waals surface area contributed by atoms with Gasteiger partial charge in [-0.25, -0.2) is 4.79 Å². The minimum Gasteiger partial charge on any atom is -0.493 e. The number of aryl methyl sites for hydroxylation is 1. The Kier molecular flexibility index (Phi) is 6.55. The molecule has 4 atom stereocenters. The van der Waals surface area contributed by atoms with Gasteiger partial charge in [0.15, 0.2) is 0 Å². The van der Waals surface area contributed by atoms with Gasteiger partial charge in [0.1, 0.15) is 11.3 Å². The fourth-order valence-electron chi connectivity index (χ4n) is 4.87. The number of nitrogens with one attached hydrogen (secondary N) is 2. The molecule has 2 aromatic carbocycles. The molecule has 0 spiro atoms. The Bertz CT molecular complexity index is 1150. The summed E-state index contributed by atoms with van der Waals surface area (Å²) in [5.74, 6) is -2.09. The molecule has 34 heavy (non-hydrogen) atoms. The molecule has 0 aromatic heterocycles. The third kappa shape index (κ3) is 4.12. The van der Waals surface area contributed by atoms with Crippen LogP contribution in [0.1, 0.15) is 41.4 Å². The molecule has 2 heterocycles. The van der Waals surface area contributed by atoms with E-state index >= 15 is 0 Å². The second-order valence-corrected chi connectivity index (χ2v) is 9.14. The first-order chi connectivity index (χ1) is 16.2. The highest BCUT2D eigenvalue weighted by Gasteiger charge is 2.60. The van der Waals surface area contributed by atoms with Gasteiger partial charge in [-0.05, 0) is 56.7 Å². The van der Waals surface area contributed by atoms with Crippen LogP contribution in [0.3, 0.4) is 0 Å². The van der Waals surface area contributed by atoms with Crippen molar-refractivity contribution in [3.8, 4) is 5.75 Å². The van der Waals surface area contributed by atoms with E-state index in [9.17, 15) is 14.4 Å². The zero-order valence-electron chi connectivity index (χ0n) is 19.4. The number of hydrogen-bond donors (Lipinski definition) is 2. The molecule has 0 saturated carbocycles. The zero-order chi connectivity index (χ0) is 24.6. The van der Waals surface area contributed by atoms with E-state index in [2.05, 4.69) is 10.6 Å². The molecule has 8 nitrogen and oxygen atoms in total.